The molecule has 0 aliphatic heterocycles. The van der Waals surface area contributed by atoms with Crippen LogP contribution in [0.2, 0.25) is 0 Å². The Kier molecular flexibility index (Phi) is 7.55. The van der Waals surface area contributed by atoms with Gasteiger partial charge in [0.1, 0.15) is 23.1 Å². The third kappa shape index (κ3) is 5.37. The van der Waals surface area contributed by atoms with E-state index in [2.05, 4.69) is 28.8 Å². The largest absolute Gasteiger partial charge is 0.497 e. The number of hydrogen-bond acceptors (Lipinski definition) is 5. The lowest BCUT2D eigenvalue weighted by Crippen LogP contribution is -2.29. The van der Waals surface area contributed by atoms with Crippen molar-refractivity contribution in [3.63, 3.8) is 0 Å². The number of benzene rings is 2. The second-order valence-electron chi connectivity index (χ2n) is 7.55. The number of fused-ring (bicyclic) bond motifs is 1. The van der Waals surface area contributed by atoms with Gasteiger partial charge in [-0.3, -0.25) is 4.79 Å². The highest BCUT2D eigenvalue weighted by Gasteiger charge is 2.18. The number of rotatable bonds is 8. The van der Waals surface area contributed by atoms with Gasteiger partial charge in [0.2, 0.25) is 0 Å². The molecule has 2 aromatic rings. The van der Waals surface area contributed by atoms with E-state index in [1.165, 1.54) is 30.2 Å². The molecule has 1 atom stereocenters. The number of nitrogens with zero attached hydrogens (tertiary/aromatic N) is 1. The molecule has 0 fully saturated rings. The quantitative estimate of drug-likeness (QED) is 0.480. The van der Waals surface area contributed by atoms with Gasteiger partial charge < -0.3 is 20.1 Å². The number of nitrogens with one attached hydrogen (secondary N) is 2. The Balaban J connectivity index is 1.75. The Bertz CT molecular complexity index is 1010. The molecule has 3 rings (SSSR count). The molecule has 0 radical (unpaired) electrons. The lowest BCUT2D eigenvalue weighted by atomic mass is 9.88. The summed E-state index contributed by atoms with van der Waals surface area (Å²) in [6, 6.07) is 13.6. The first kappa shape index (κ1) is 22.2. The zero-order valence-corrected chi connectivity index (χ0v) is 18.3. The standard InChI is InChI=1S/C25H29N3O3/c1-4-22(19-10-9-17-7-5-6-8-18(17)13-19)28-25(29)20(15-26)16-27-23-14-21(30-2)11-12-24(23)31-3/h9-14,16,22,27H,4-8H2,1-3H3,(H,28,29)/b20-16-. The maximum absolute atomic E-state index is 12.8. The smallest absolute Gasteiger partial charge is 0.263 e. The lowest BCUT2D eigenvalue weighted by molar-refractivity contribution is -0.117. The monoisotopic (exact) mass is 419 g/mol. The minimum atomic E-state index is -0.415. The number of anilines is 1. The van der Waals surface area contributed by atoms with Crippen molar-refractivity contribution in [2.75, 3.05) is 19.5 Å². The van der Waals surface area contributed by atoms with E-state index >= 15 is 0 Å². The summed E-state index contributed by atoms with van der Waals surface area (Å²) >= 11 is 0. The summed E-state index contributed by atoms with van der Waals surface area (Å²) in [6.45, 7) is 2.03. The Morgan fingerprint density at radius 1 is 1.13 bits per heavy atom. The fourth-order valence-electron chi connectivity index (χ4n) is 3.85. The Morgan fingerprint density at radius 3 is 2.58 bits per heavy atom. The van der Waals surface area contributed by atoms with Crippen LogP contribution in [0, 0.1) is 11.3 Å². The van der Waals surface area contributed by atoms with E-state index in [4.69, 9.17) is 9.47 Å². The molecule has 2 aromatic carbocycles. The fraction of sp³-hybridized carbons (Fsp3) is 0.360. The first-order valence-corrected chi connectivity index (χ1v) is 10.6. The van der Waals surface area contributed by atoms with E-state index in [1.807, 2.05) is 13.0 Å². The van der Waals surface area contributed by atoms with Crippen molar-refractivity contribution in [3.05, 3.63) is 64.9 Å². The Labute approximate surface area is 183 Å². The maximum atomic E-state index is 12.8. The number of amides is 1. The van der Waals surface area contributed by atoms with Gasteiger partial charge in [-0.1, -0.05) is 25.1 Å². The van der Waals surface area contributed by atoms with Crippen molar-refractivity contribution in [3.8, 4) is 17.6 Å². The van der Waals surface area contributed by atoms with Crippen LogP contribution in [0.25, 0.3) is 0 Å². The Hall–Kier alpha value is -3.46. The molecular weight excluding hydrogens is 390 g/mol. The van der Waals surface area contributed by atoms with E-state index in [9.17, 15) is 10.1 Å². The van der Waals surface area contributed by atoms with Crippen LogP contribution >= 0.6 is 0 Å². The molecule has 6 nitrogen and oxygen atoms in total. The van der Waals surface area contributed by atoms with Gasteiger partial charge >= 0.3 is 0 Å². The maximum Gasteiger partial charge on any atom is 0.263 e. The number of nitriles is 1. The molecule has 0 heterocycles. The molecule has 6 heteroatoms. The number of methoxy groups -OCH3 is 2. The SMILES string of the molecule is CCC(NC(=O)/C(C#N)=C\Nc1cc(OC)ccc1OC)c1ccc2c(c1)CCCC2. The molecule has 1 unspecified atom stereocenters. The summed E-state index contributed by atoms with van der Waals surface area (Å²) in [7, 11) is 3.13. The molecule has 162 valence electrons. The number of aryl methyl sites for hydroxylation is 2. The van der Waals surface area contributed by atoms with Gasteiger partial charge in [0.25, 0.3) is 5.91 Å². The van der Waals surface area contributed by atoms with E-state index in [-0.39, 0.29) is 11.6 Å². The minimum absolute atomic E-state index is 0.0127. The second kappa shape index (κ2) is 10.5. The van der Waals surface area contributed by atoms with Gasteiger partial charge in [0, 0.05) is 12.3 Å². The van der Waals surface area contributed by atoms with Crippen LogP contribution in [0.4, 0.5) is 5.69 Å². The molecule has 0 saturated heterocycles. The number of ether oxygens (including phenoxy) is 2. The lowest BCUT2D eigenvalue weighted by Gasteiger charge is -2.21. The van der Waals surface area contributed by atoms with Crippen molar-refractivity contribution in [1.82, 2.24) is 5.32 Å². The zero-order valence-electron chi connectivity index (χ0n) is 18.3. The predicted molar refractivity (Wildman–Crippen MR) is 121 cm³/mol. The Morgan fingerprint density at radius 2 is 1.90 bits per heavy atom. The molecule has 1 aliphatic rings. The van der Waals surface area contributed by atoms with E-state index < -0.39 is 5.91 Å². The summed E-state index contributed by atoms with van der Waals surface area (Å²) in [4.78, 5) is 12.8. The van der Waals surface area contributed by atoms with Gasteiger partial charge in [-0.15, -0.1) is 0 Å². The highest BCUT2D eigenvalue weighted by molar-refractivity contribution is 5.97. The second-order valence-corrected chi connectivity index (χ2v) is 7.55. The summed E-state index contributed by atoms with van der Waals surface area (Å²) in [5.74, 6) is 0.801. The first-order valence-electron chi connectivity index (χ1n) is 10.6. The third-order valence-electron chi connectivity index (χ3n) is 5.63. The average molecular weight is 420 g/mol. The van der Waals surface area contributed by atoms with Gasteiger partial charge in [0.15, 0.2) is 0 Å². The van der Waals surface area contributed by atoms with Crippen molar-refractivity contribution < 1.29 is 14.3 Å². The van der Waals surface area contributed by atoms with Crippen LogP contribution in [-0.2, 0) is 17.6 Å². The van der Waals surface area contributed by atoms with Crippen molar-refractivity contribution in [1.29, 1.82) is 5.26 Å². The molecule has 0 saturated carbocycles. The van der Waals surface area contributed by atoms with Crippen molar-refractivity contribution in [2.24, 2.45) is 0 Å². The third-order valence-corrected chi connectivity index (χ3v) is 5.63. The highest BCUT2D eigenvalue weighted by Crippen LogP contribution is 2.29. The predicted octanol–water partition coefficient (Wildman–Crippen LogP) is 4.67. The minimum Gasteiger partial charge on any atom is -0.497 e. The van der Waals surface area contributed by atoms with Crippen molar-refractivity contribution >= 4 is 11.6 Å². The van der Waals surface area contributed by atoms with Crippen LogP contribution < -0.4 is 20.1 Å². The van der Waals surface area contributed by atoms with Gasteiger partial charge in [-0.2, -0.15) is 5.26 Å². The molecule has 0 aromatic heterocycles. The van der Waals surface area contributed by atoms with Gasteiger partial charge in [-0.25, -0.2) is 0 Å². The highest BCUT2D eigenvalue weighted by atomic mass is 16.5. The van der Waals surface area contributed by atoms with Crippen LogP contribution in [0.3, 0.4) is 0 Å². The topological polar surface area (TPSA) is 83.4 Å². The molecule has 0 bridgehead atoms. The molecular formula is C25H29N3O3. The molecule has 1 aliphatic carbocycles. The van der Waals surface area contributed by atoms with Gasteiger partial charge in [0.05, 0.1) is 25.9 Å². The number of carbonyl (C=O) groups is 1. The molecule has 2 N–H and O–H groups in total. The van der Waals surface area contributed by atoms with Crippen LogP contribution in [0.15, 0.2) is 48.2 Å². The van der Waals surface area contributed by atoms with E-state index in [0.717, 1.165) is 24.8 Å². The van der Waals surface area contributed by atoms with Crippen LogP contribution in [0.5, 0.6) is 11.5 Å². The number of carbonyl (C=O) groups excluding carboxylic acids is 1. The summed E-state index contributed by atoms with van der Waals surface area (Å²) in [6.07, 6.45) is 6.79. The fourth-order valence-corrected chi connectivity index (χ4v) is 3.85. The average Bonchev–Trinajstić information content (AvgIpc) is 2.82. The van der Waals surface area contributed by atoms with Crippen molar-refractivity contribution in [2.45, 2.75) is 45.1 Å². The van der Waals surface area contributed by atoms with Crippen LogP contribution in [0.1, 0.15) is 48.9 Å². The normalized spacial score (nSPS) is 14.1. The summed E-state index contributed by atoms with van der Waals surface area (Å²) in [5.41, 5.74) is 4.45. The first-order chi connectivity index (χ1) is 15.1. The van der Waals surface area contributed by atoms with E-state index in [0.29, 0.717) is 17.2 Å². The number of hydrogen-bond donors (Lipinski definition) is 2. The van der Waals surface area contributed by atoms with Crippen LogP contribution in [-0.4, -0.2) is 20.1 Å². The van der Waals surface area contributed by atoms with E-state index in [1.54, 1.807) is 32.4 Å². The molecule has 31 heavy (non-hydrogen) atoms. The summed E-state index contributed by atoms with van der Waals surface area (Å²) < 4.78 is 10.6. The molecule has 0 spiro atoms. The summed E-state index contributed by atoms with van der Waals surface area (Å²) in [5, 5.41) is 15.5. The molecule has 1 amide bonds. The zero-order chi connectivity index (χ0) is 22.2. The van der Waals surface area contributed by atoms with Gasteiger partial charge in [-0.05, 0) is 60.9 Å².